The Kier molecular flexibility index (Phi) is 4.53. The van der Waals surface area contributed by atoms with E-state index < -0.39 is 0 Å². The van der Waals surface area contributed by atoms with Gasteiger partial charge in [-0.1, -0.05) is 66.7 Å². The second kappa shape index (κ2) is 6.93. The van der Waals surface area contributed by atoms with Crippen molar-refractivity contribution in [1.29, 1.82) is 0 Å². The monoisotopic (exact) mass is 301 g/mol. The van der Waals surface area contributed by atoms with Gasteiger partial charge < -0.3 is 4.74 Å². The third-order valence-electron chi connectivity index (χ3n) is 3.70. The van der Waals surface area contributed by atoms with Gasteiger partial charge in [-0.15, -0.1) is 0 Å². The standard InChI is InChI=1S/C21H19NO/c1-3-18-13-16(2)9-11-20(18)19-10-12-21(22-14-19)23-15-17-7-5-4-6-8-17/h3-14H,1,15H2,2H3. The molecule has 1 aromatic heterocycles. The fraction of sp³-hybridized carbons (Fsp3) is 0.0952. The third-order valence-corrected chi connectivity index (χ3v) is 3.70. The molecule has 0 atom stereocenters. The number of aromatic nitrogens is 1. The van der Waals surface area contributed by atoms with Gasteiger partial charge in [0.15, 0.2) is 0 Å². The van der Waals surface area contributed by atoms with Crippen molar-refractivity contribution in [2.45, 2.75) is 13.5 Å². The van der Waals surface area contributed by atoms with E-state index in [1.807, 2.05) is 54.7 Å². The maximum atomic E-state index is 5.73. The summed E-state index contributed by atoms with van der Waals surface area (Å²) >= 11 is 0. The number of nitrogens with zero attached hydrogens (tertiary/aromatic N) is 1. The van der Waals surface area contributed by atoms with E-state index in [0.717, 1.165) is 22.3 Å². The lowest BCUT2D eigenvalue weighted by atomic mass is 9.99. The van der Waals surface area contributed by atoms with E-state index in [1.165, 1.54) is 5.56 Å². The Morgan fingerprint density at radius 1 is 1.04 bits per heavy atom. The van der Waals surface area contributed by atoms with Gasteiger partial charge >= 0.3 is 0 Å². The summed E-state index contributed by atoms with van der Waals surface area (Å²) in [6, 6.07) is 20.4. The van der Waals surface area contributed by atoms with E-state index in [0.29, 0.717) is 12.5 Å². The molecule has 2 aromatic carbocycles. The van der Waals surface area contributed by atoms with Crippen molar-refractivity contribution in [1.82, 2.24) is 4.98 Å². The molecule has 0 saturated carbocycles. The fourth-order valence-electron chi connectivity index (χ4n) is 2.47. The van der Waals surface area contributed by atoms with Crippen LogP contribution in [0.4, 0.5) is 0 Å². The highest BCUT2D eigenvalue weighted by Gasteiger charge is 2.05. The molecular weight excluding hydrogens is 282 g/mol. The van der Waals surface area contributed by atoms with Gasteiger partial charge in [0.05, 0.1) is 0 Å². The number of ether oxygens (including phenoxy) is 1. The van der Waals surface area contributed by atoms with Crippen LogP contribution < -0.4 is 4.74 Å². The van der Waals surface area contributed by atoms with Gasteiger partial charge in [0.2, 0.25) is 5.88 Å². The van der Waals surface area contributed by atoms with Gasteiger partial charge in [-0.2, -0.15) is 0 Å². The quantitative estimate of drug-likeness (QED) is 0.639. The highest BCUT2D eigenvalue weighted by Crippen LogP contribution is 2.26. The Hall–Kier alpha value is -2.87. The number of pyridine rings is 1. The minimum Gasteiger partial charge on any atom is -0.473 e. The summed E-state index contributed by atoms with van der Waals surface area (Å²) in [6.07, 6.45) is 3.72. The van der Waals surface area contributed by atoms with Crippen molar-refractivity contribution < 1.29 is 4.74 Å². The average Bonchev–Trinajstić information content (AvgIpc) is 2.61. The third kappa shape index (κ3) is 3.67. The largest absolute Gasteiger partial charge is 0.473 e. The van der Waals surface area contributed by atoms with Crippen molar-refractivity contribution in [3.8, 4) is 17.0 Å². The van der Waals surface area contributed by atoms with Gasteiger partial charge in [-0.25, -0.2) is 4.98 Å². The van der Waals surface area contributed by atoms with E-state index in [4.69, 9.17) is 4.74 Å². The van der Waals surface area contributed by atoms with Gasteiger partial charge in [-0.05, 0) is 29.7 Å². The number of benzene rings is 2. The Morgan fingerprint density at radius 3 is 2.57 bits per heavy atom. The van der Waals surface area contributed by atoms with Crippen LogP contribution in [0.15, 0.2) is 73.4 Å². The zero-order valence-corrected chi connectivity index (χ0v) is 13.2. The molecule has 0 unspecified atom stereocenters. The topological polar surface area (TPSA) is 22.1 Å². The summed E-state index contributed by atoms with van der Waals surface area (Å²) in [5.41, 5.74) is 5.66. The molecule has 0 aliphatic carbocycles. The SMILES string of the molecule is C=Cc1cc(C)ccc1-c1ccc(OCc2ccccc2)nc1. The van der Waals surface area contributed by atoms with E-state index >= 15 is 0 Å². The second-order valence-electron chi connectivity index (χ2n) is 5.45. The molecule has 0 bridgehead atoms. The molecule has 2 nitrogen and oxygen atoms in total. The van der Waals surface area contributed by atoms with Crippen LogP contribution in [0.5, 0.6) is 5.88 Å². The fourth-order valence-corrected chi connectivity index (χ4v) is 2.47. The van der Waals surface area contributed by atoms with Crippen molar-refractivity contribution in [3.05, 3.63) is 90.1 Å². The van der Waals surface area contributed by atoms with Crippen LogP contribution in [0.25, 0.3) is 17.2 Å². The van der Waals surface area contributed by atoms with Crippen LogP contribution in [-0.4, -0.2) is 4.98 Å². The van der Waals surface area contributed by atoms with Crippen molar-refractivity contribution in [2.24, 2.45) is 0 Å². The molecule has 0 N–H and O–H groups in total. The Labute approximate surface area is 137 Å². The molecular formula is C21H19NO. The highest BCUT2D eigenvalue weighted by molar-refractivity contribution is 5.74. The Bertz CT molecular complexity index is 792. The lowest BCUT2D eigenvalue weighted by Gasteiger charge is -2.09. The van der Waals surface area contributed by atoms with Crippen LogP contribution in [0, 0.1) is 6.92 Å². The first-order chi connectivity index (χ1) is 11.3. The summed E-state index contributed by atoms with van der Waals surface area (Å²) in [7, 11) is 0. The number of rotatable bonds is 5. The predicted molar refractivity (Wildman–Crippen MR) is 95.3 cm³/mol. The van der Waals surface area contributed by atoms with Gasteiger partial charge in [0.1, 0.15) is 6.61 Å². The molecule has 3 aromatic rings. The van der Waals surface area contributed by atoms with Gasteiger partial charge in [0, 0.05) is 17.8 Å². The van der Waals surface area contributed by atoms with Crippen molar-refractivity contribution >= 4 is 6.08 Å². The maximum Gasteiger partial charge on any atom is 0.213 e. The zero-order valence-electron chi connectivity index (χ0n) is 13.2. The van der Waals surface area contributed by atoms with Crippen LogP contribution >= 0.6 is 0 Å². The minimum absolute atomic E-state index is 0.523. The smallest absolute Gasteiger partial charge is 0.213 e. The molecule has 114 valence electrons. The summed E-state index contributed by atoms with van der Waals surface area (Å²) in [4.78, 5) is 4.41. The van der Waals surface area contributed by atoms with Crippen LogP contribution in [0.3, 0.4) is 0 Å². The molecule has 0 aliphatic heterocycles. The zero-order chi connectivity index (χ0) is 16.1. The van der Waals surface area contributed by atoms with Crippen molar-refractivity contribution in [3.63, 3.8) is 0 Å². The number of hydrogen-bond donors (Lipinski definition) is 0. The molecule has 0 spiro atoms. The van der Waals surface area contributed by atoms with E-state index in [9.17, 15) is 0 Å². The van der Waals surface area contributed by atoms with E-state index in [-0.39, 0.29) is 0 Å². The molecule has 0 aliphatic rings. The first-order valence-corrected chi connectivity index (χ1v) is 7.62. The number of hydrogen-bond acceptors (Lipinski definition) is 2. The molecule has 0 saturated heterocycles. The lowest BCUT2D eigenvalue weighted by Crippen LogP contribution is -1.97. The van der Waals surface area contributed by atoms with Crippen LogP contribution in [0.1, 0.15) is 16.7 Å². The minimum atomic E-state index is 0.523. The molecule has 0 amide bonds. The normalized spacial score (nSPS) is 10.3. The first-order valence-electron chi connectivity index (χ1n) is 7.62. The van der Waals surface area contributed by atoms with E-state index in [1.54, 1.807) is 0 Å². The summed E-state index contributed by atoms with van der Waals surface area (Å²) in [5, 5.41) is 0. The molecule has 2 heteroatoms. The molecule has 1 heterocycles. The molecule has 0 fully saturated rings. The number of aryl methyl sites for hydroxylation is 1. The van der Waals surface area contributed by atoms with Gasteiger partial charge in [-0.3, -0.25) is 0 Å². The molecule has 3 rings (SSSR count). The van der Waals surface area contributed by atoms with Crippen LogP contribution in [-0.2, 0) is 6.61 Å². The van der Waals surface area contributed by atoms with Crippen LogP contribution in [0.2, 0.25) is 0 Å². The summed E-state index contributed by atoms with van der Waals surface area (Å²) in [6.45, 7) is 6.50. The highest BCUT2D eigenvalue weighted by atomic mass is 16.5. The Balaban J connectivity index is 1.76. The summed E-state index contributed by atoms with van der Waals surface area (Å²) < 4.78 is 5.73. The Morgan fingerprint density at radius 2 is 1.87 bits per heavy atom. The van der Waals surface area contributed by atoms with Crippen molar-refractivity contribution in [2.75, 3.05) is 0 Å². The lowest BCUT2D eigenvalue weighted by molar-refractivity contribution is 0.294. The molecule has 23 heavy (non-hydrogen) atoms. The second-order valence-corrected chi connectivity index (χ2v) is 5.45. The molecule has 0 radical (unpaired) electrons. The predicted octanol–water partition coefficient (Wildman–Crippen LogP) is 5.28. The van der Waals surface area contributed by atoms with E-state index in [2.05, 4.69) is 36.7 Å². The average molecular weight is 301 g/mol. The van der Waals surface area contributed by atoms with Gasteiger partial charge in [0.25, 0.3) is 0 Å². The maximum absolute atomic E-state index is 5.73. The summed E-state index contributed by atoms with van der Waals surface area (Å²) in [5.74, 6) is 0.630. The first kappa shape index (κ1) is 15.0.